The van der Waals surface area contributed by atoms with Crippen LogP contribution in [0.5, 0.6) is 0 Å². The van der Waals surface area contributed by atoms with Crippen LogP contribution in [0.2, 0.25) is 10.0 Å². The first-order chi connectivity index (χ1) is 18.0. The van der Waals surface area contributed by atoms with E-state index in [-0.39, 0.29) is 18.1 Å². The van der Waals surface area contributed by atoms with Gasteiger partial charge in [-0.1, -0.05) is 53.5 Å². The molecule has 1 spiro atoms. The Hall–Kier alpha value is -2.90. The van der Waals surface area contributed by atoms with Crippen molar-refractivity contribution < 1.29 is 5.11 Å². The number of hydrogen-bond donors (Lipinski definition) is 2. The van der Waals surface area contributed by atoms with E-state index >= 15 is 0 Å². The lowest BCUT2D eigenvalue weighted by Crippen LogP contribution is -2.44. The lowest BCUT2D eigenvalue weighted by Gasteiger charge is -2.43. The zero-order chi connectivity index (χ0) is 25.7. The topological polar surface area (TPSA) is 79.7 Å². The van der Waals surface area contributed by atoms with Gasteiger partial charge in [-0.15, -0.1) is 6.58 Å². The van der Waals surface area contributed by atoms with Crippen molar-refractivity contribution in [2.24, 2.45) is 11.1 Å². The number of fused-ring (bicyclic) bond motifs is 2. The molecule has 2 aromatic carbocycles. The van der Waals surface area contributed by atoms with Crippen LogP contribution in [0, 0.1) is 5.41 Å². The summed E-state index contributed by atoms with van der Waals surface area (Å²) in [6.45, 7) is 5.38. The fraction of sp³-hybridized carbons (Fsp3) is 0.310. The SMILES string of the molecule is C=CCc1cccc2c1C(N)C1(CCN(c3nccn4c(-c5cccc(Cl)c5Cl)nc(CO)c34)CC1)C2. The maximum absolute atomic E-state index is 10.2. The molecule has 2 aliphatic rings. The average Bonchev–Trinajstić information content (AvgIpc) is 3.42. The molecule has 6 nitrogen and oxygen atoms in total. The molecule has 1 fully saturated rings. The molecule has 1 saturated heterocycles. The summed E-state index contributed by atoms with van der Waals surface area (Å²) < 4.78 is 1.95. The third-order valence-corrected chi connectivity index (χ3v) is 8.99. The number of hydrogen-bond acceptors (Lipinski definition) is 5. The Morgan fingerprint density at radius 1 is 1.16 bits per heavy atom. The van der Waals surface area contributed by atoms with Crippen molar-refractivity contribution >= 4 is 34.5 Å². The minimum absolute atomic E-state index is 0.0177. The summed E-state index contributed by atoms with van der Waals surface area (Å²) in [6.07, 6.45) is 9.37. The molecule has 8 heteroatoms. The van der Waals surface area contributed by atoms with Crippen molar-refractivity contribution in [3.8, 4) is 11.4 Å². The van der Waals surface area contributed by atoms with Gasteiger partial charge in [-0.3, -0.25) is 4.40 Å². The predicted molar refractivity (Wildman–Crippen MR) is 149 cm³/mol. The van der Waals surface area contributed by atoms with Crippen molar-refractivity contribution in [3.05, 3.63) is 93.9 Å². The van der Waals surface area contributed by atoms with Gasteiger partial charge in [-0.2, -0.15) is 0 Å². The molecule has 1 atom stereocenters. The van der Waals surface area contributed by atoms with E-state index in [9.17, 15) is 5.11 Å². The monoisotopic (exact) mass is 533 g/mol. The van der Waals surface area contributed by atoms with E-state index in [1.807, 2.05) is 28.8 Å². The second-order valence-electron chi connectivity index (χ2n) is 10.1. The van der Waals surface area contributed by atoms with E-state index < -0.39 is 0 Å². The molecule has 3 heterocycles. The van der Waals surface area contributed by atoms with Gasteiger partial charge < -0.3 is 15.7 Å². The Kier molecular flexibility index (Phi) is 6.24. The summed E-state index contributed by atoms with van der Waals surface area (Å²) in [7, 11) is 0. The van der Waals surface area contributed by atoms with Gasteiger partial charge in [-0.25, -0.2) is 9.97 Å². The second-order valence-corrected chi connectivity index (χ2v) is 10.9. The Bertz CT molecular complexity index is 1510. The number of imidazole rings is 1. The molecule has 4 aromatic rings. The number of piperidine rings is 1. The fourth-order valence-electron chi connectivity index (χ4n) is 6.30. The quantitative estimate of drug-likeness (QED) is 0.318. The van der Waals surface area contributed by atoms with Gasteiger partial charge >= 0.3 is 0 Å². The molecule has 0 amide bonds. The molecule has 2 aromatic heterocycles. The van der Waals surface area contributed by atoms with E-state index in [1.165, 1.54) is 16.7 Å². The van der Waals surface area contributed by atoms with Gasteiger partial charge in [-0.05, 0) is 59.9 Å². The molecule has 1 aliphatic carbocycles. The number of nitrogens with zero attached hydrogens (tertiary/aromatic N) is 4. The first kappa shape index (κ1) is 24.4. The molecule has 3 N–H and O–H groups in total. The van der Waals surface area contributed by atoms with E-state index in [2.05, 4.69) is 29.7 Å². The van der Waals surface area contributed by atoms with Crippen LogP contribution in [0.25, 0.3) is 16.9 Å². The fourth-order valence-corrected chi connectivity index (χ4v) is 6.69. The van der Waals surface area contributed by atoms with Crippen molar-refractivity contribution in [2.75, 3.05) is 18.0 Å². The zero-order valence-electron chi connectivity index (χ0n) is 20.5. The highest BCUT2D eigenvalue weighted by Crippen LogP contribution is 2.52. The minimum atomic E-state index is -0.204. The number of aromatic nitrogens is 3. The highest BCUT2D eigenvalue weighted by Gasteiger charge is 2.47. The van der Waals surface area contributed by atoms with Gasteiger partial charge in [0.05, 0.1) is 22.3 Å². The van der Waals surface area contributed by atoms with E-state index in [0.717, 1.165) is 50.1 Å². The number of nitrogens with two attached hydrogens (primary N) is 1. The summed E-state index contributed by atoms with van der Waals surface area (Å²) in [6, 6.07) is 12.0. The van der Waals surface area contributed by atoms with E-state index in [0.29, 0.717) is 27.1 Å². The number of benzene rings is 2. The third kappa shape index (κ3) is 3.86. The highest BCUT2D eigenvalue weighted by molar-refractivity contribution is 6.43. The minimum Gasteiger partial charge on any atom is -0.390 e. The normalized spacial score (nSPS) is 18.5. The van der Waals surface area contributed by atoms with Crippen LogP contribution in [0.1, 0.15) is 41.3 Å². The number of anilines is 1. The number of rotatable bonds is 5. The summed E-state index contributed by atoms with van der Waals surface area (Å²) >= 11 is 12.8. The number of halogens is 2. The third-order valence-electron chi connectivity index (χ3n) is 8.17. The van der Waals surface area contributed by atoms with Crippen LogP contribution in [-0.2, 0) is 19.4 Å². The van der Waals surface area contributed by atoms with E-state index in [1.54, 1.807) is 12.3 Å². The first-order valence-electron chi connectivity index (χ1n) is 12.6. The lowest BCUT2D eigenvalue weighted by atomic mass is 9.73. The number of aliphatic hydroxyl groups excluding tert-OH is 1. The molecule has 1 unspecified atom stereocenters. The smallest absolute Gasteiger partial charge is 0.154 e. The van der Waals surface area contributed by atoms with Gasteiger partial charge in [0.2, 0.25) is 0 Å². The zero-order valence-corrected chi connectivity index (χ0v) is 22.0. The Labute approximate surface area is 226 Å². The van der Waals surface area contributed by atoms with Crippen LogP contribution in [-0.4, -0.2) is 32.6 Å². The standard InChI is InChI=1S/C29H29Cl2N5O/c1-2-5-18-6-3-7-19-16-29(26(32)23(18)19)10-13-35(14-11-29)28-25-22(17-37)34-27(36(25)15-12-33-28)20-8-4-9-21(30)24(20)31/h2-4,6-9,12,15,26,37H,1,5,10-11,13-14,16-17,32H2. The van der Waals surface area contributed by atoms with Gasteiger partial charge in [0.15, 0.2) is 5.82 Å². The number of aliphatic hydroxyl groups is 1. The largest absolute Gasteiger partial charge is 0.390 e. The molecule has 1 aliphatic heterocycles. The summed E-state index contributed by atoms with van der Waals surface area (Å²) in [5, 5.41) is 11.1. The maximum atomic E-state index is 10.2. The van der Waals surface area contributed by atoms with Crippen LogP contribution in [0.15, 0.2) is 61.4 Å². The summed E-state index contributed by atoms with van der Waals surface area (Å²) in [4.78, 5) is 11.8. The highest BCUT2D eigenvalue weighted by atomic mass is 35.5. The predicted octanol–water partition coefficient (Wildman–Crippen LogP) is 5.77. The van der Waals surface area contributed by atoms with Crippen molar-refractivity contribution in [1.82, 2.24) is 14.4 Å². The van der Waals surface area contributed by atoms with Crippen LogP contribution >= 0.6 is 23.2 Å². The number of allylic oxidation sites excluding steroid dienone is 1. The Balaban J connectivity index is 1.33. The Morgan fingerprint density at radius 3 is 2.70 bits per heavy atom. The second kappa shape index (κ2) is 9.44. The van der Waals surface area contributed by atoms with Crippen molar-refractivity contribution in [2.45, 2.75) is 38.3 Å². The lowest BCUT2D eigenvalue weighted by molar-refractivity contribution is 0.187. The van der Waals surface area contributed by atoms with Gasteiger partial charge in [0.1, 0.15) is 11.3 Å². The average molecular weight is 534 g/mol. The van der Waals surface area contributed by atoms with Crippen LogP contribution in [0.3, 0.4) is 0 Å². The molecule has 0 saturated carbocycles. The molecule has 190 valence electrons. The molecule has 0 radical (unpaired) electrons. The maximum Gasteiger partial charge on any atom is 0.154 e. The Morgan fingerprint density at radius 2 is 1.95 bits per heavy atom. The van der Waals surface area contributed by atoms with E-state index in [4.69, 9.17) is 38.9 Å². The summed E-state index contributed by atoms with van der Waals surface area (Å²) in [5.74, 6) is 1.45. The van der Waals surface area contributed by atoms with Crippen molar-refractivity contribution in [1.29, 1.82) is 0 Å². The van der Waals surface area contributed by atoms with Gasteiger partial charge in [0, 0.05) is 37.1 Å². The molecule has 0 bridgehead atoms. The van der Waals surface area contributed by atoms with Crippen LogP contribution < -0.4 is 10.6 Å². The molecular weight excluding hydrogens is 505 g/mol. The summed E-state index contributed by atoms with van der Waals surface area (Å²) in [5.41, 5.74) is 13.1. The molecule has 6 rings (SSSR count). The van der Waals surface area contributed by atoms with Crippen LogP contribution in [0.4, 0.5) is 5.82 Å². The first-order valence-corrected chi connectivity index (χ1v) is 13.4. The van der Waals surface area contributed by atoms with Crippen molar-refractivity contribution in [3.63, 3.8) is 0 Å². The molecular formula is C29H29Cl2N5O. The molecule has 37 heavy (non-hydrogen) atoms. The van der Waals surface area contributed by atoms with Gasteiger partial charge in [0.25, 0.3) is 0 Å².